The summed E-state index contributed by atoms with van der Waals surface area (Å²) in [6, 6.07) is 9.91. The van der Waals surface area contributed by atoms with Crippen molar-refractivity contribution in [2.75, 3.05) is 33.4 Å². The van der Waals surface area contributed by atoms with E-state index in [-0.39, 0.29) is 5.89 Å². The Bertz CT molecular complexity index is 1030. The van der Waals surface area contributed by atoms with Gasteiger partial charge in [0.15, 0.2) is 11.5 Å². The number of likely N-dealkylation sites (tertiary alicyclic amines) is 1. The van der Waals surface area contributed by atoms with E-state index in [0.29, 0.717) is 35.1 Å². The van der Waals surface area contributed by atoms with E-state index in [9.17, 15) is 13.2 Å². The van der Waals surface area contributed by atoms with E-state index in [0.717, 1.165) is 31.8 Å². The lowest BCUT2D eigenvalue weighted by molar-refractivity contribution is -0.137. The molecule has 4 rings (SSSR count). The average Bonchev–Trinajstić information content (AvgIpc) is 3.30. The minimum absolute atomic E-state index is 0.134. The topological polar surface area (TPSA) is 60.6 Å². The van der Waals surface area contributed by atoms with E-state index in [1.807, 2.05) is 0 Å². The molecule has 2 heterocycles. The number of alkyl halides is 3. The van der Waals surface area contributed by atoms with E-state index < -0.39 is 11.7 Å². The molecule has 0 radical (unpaired) electrons. The van der Waals surface area contributed by atoms with Gasteiger partial charge >= 0.3 is 6.18 Å². The molecule has 0 unspecified atom stereocenters. The number of benzene rings is 2. The van der Waals surface area contributed by atoms with Gasteiger partial charge in [0.25, 0.3) is 5.89 Å². The maximum Gasteiger partial charge on any atom is 0.416 e. The molecule has 9 heteroatoms. The number of ether oxygens (including phenoxy) is 2. The molecule has 1 aliphatic heterocycles. The number of hydrogen-bond acceptors (Lipinski definition) is 6. The zero-order valence-electron chi connectivity index (χ0n) is 17.7. The van der Waals surface area contributed by atoms with Gasteiger partial charge in [0.2, 0.25) is 5.82 Å². The predicted molar refractivity (Wildman–Crippen MR) is 113 cm³/mol. The van der Waals surface area contributed by atoms with Crippen LogP contribution in [0, 0.1) is 0 Å². The van der Waals surface area contributed by atoms with Crippen LogP contribution in [0.25, 0.3) is 22.8 Å². The van der Waals surface area contributed by atoms with E-state index >= 15 is 0 Å². The Morgan fingerprint density at radius 2 is 1.69 bits per heavy atom. The van der Waals surface area contributed by atoms with Gasteiger partial charge in [-0.05, 0) is 68.4 Å². The molecule has 1 aliphatic rings. The van der Waals surface area contributed by atoms with Crippen LogP contribution in [0.5, 0.6) is 11.5 Å². The van der Waals surface area contributed by atoms with Crippen LogP contribution in [0.3, 0.4) is 0 Å². The smallest absolute Gasteiger partial charge is 0.416 e. The monoisotopic (exact) mass is 447 g/mol. The van der Waals surface area contributed by atoms with Crippen molar-refractivity contribution in [3.8, 4) is 34.3 Å². The maximum atomic E-state index is 12.7. The summed E-state index contributed by atoms with van der Waals surface area (Å²) in [6.45, 7) is 3.65. The van der Waals surface area contributed by atoms with Gasteiger partial charge < -0.3 is 14.0 Å². The first-order valence-electron chi connectivity index (χ1n) is 10.5. The lowest BCUT2D eigenvalue weighted by Gasteiger charge is -2.26. The Morgan fingerprint density at radius 1 is 0.969 bits per heavy atom. The second-order valence-corrected chi connectivity index (χ2v) is 7.61. The van der Waals surface area contributed by atoms with Gasteiger partial charge in [0, 0.05) is 17.7 Å². The number of methoxy groups -OCH3 is 1. The molecular weight excluding hydrogens is 423 g/mol. The van der Waals surface area contributed by atoms with Crippen LogP contribution in [-0.2, 0) is 6.18 Å². The van der Waals surface area contributed by atoms with Crippen molar-refractivity contribution in [1.82, 2.24) is 15.0 Å². The second kappa shape index (κ2) is 9.60. The summed E-state index contributed by atoms with van der Waals surface area (Å²) in [5.74, 6) is 1.61. The molecule has 0 bridgehead atoms. The Hall–Kier alpha value is -3.07. The summed E-state index contributed by atoms with van der Waals surface area (Å²) < 4.78 is 54.9. The van der Waals surface area contributed by atoms with Gasteiger partial charge in [-0.15, -0.1) is 0 Å². The molecule has 0 spiro atoms. The van der Waals surface area contributed by atoms with Gasteiger partial charge in [-0.25, -0.2) is 0 Å². The molecule has 2 aromatic carbocycles. The molecule has 0 saturated carbocycles. The maximum absolute atomic E-state index is 12.7. The van der Waals surface area contributed by atoms with Crippen molar-refractivity contribution < 1.29 is 27.2 Å². The molecule has 0 amide bonds. The third-order valence-electron chi connectivity index (χ3n) is 5.42. The fourth-order valence-electron chi connectivity index (χ4n) is 3.65. The number of piperidine rings is 1. The van der Waals surface area contributed by atoms with Crippen LogP contribution in [0.1, 0.15) is 24.8 Å². The van der Waals surface area contributed by atoms with E-state index in [2.05, 4.69) is 15.0 Å². The van der Waals surface area contributed by atoms with E-state index in [1.165, 1.54) is 31.4 Å². The van der Waals surface area contributed by atoms with Crippen LogP contribution in [-0.4, -0.2) is 48.4 Å². The van der Waals surface area contributed by atoms with Crippen molar-refractivity contribution >= 4 is 0 Å². The number of rotatable bonds is 7. The summed E-state index contributed by atoms with van der Waals surface area (Å²) in [4.78, 5) is 6.70. The van der Waals surface area contributed by atoms with Gasteiger partial charge in [0.05, 0.1) is 12.7 Å². The molecule has 170 valence electrons. The molecular formula is C23H24F3N3O3. The van der Waals surface area contributed by atoms with Crippen molar-refractivity contribution in [2.24, 2.45) is 0 Å². The van der Waals surface area contributed by atoms with Crippen molar-refractivity contribution in [3.05, 3.63) is 48.0 Å². The first-order valence-corrected chi connectivity index (χ1v) is 10.5. The molecule has 0 aliphatic carbocycles. The normalized spacial score (nSPS) is 15.0. The molecule has 0 atom stereocenters. The minimum Gasteiger partial charge on any atom is -0.493 e. The SMILES string of the molecule is COc1cc(-c2noc(-c3ccc(C(F)(F)F)cc3)n2)ccc1OCCN1CCCCC1. The standard InChI is InChI=1S/C23H24F3N3O3/c1-30-20-15-17(7-10-19(20)31-14-13-29-11-3-2-4-12-29)21-27-22(32-28-21)16-5-8-18(9-6-16)23(24,25)26/h5-10,15H,2-4,11-14H2,1H3. The Labute approximate surface area is 183 Å². The first-order chi connectivity index (χ1) is 15.4. The van der Waals surface area contributed by atoms with Crippen LogP contribution >= 0.6 is 0 Å². The Kier molecular flexibility index (Phi) is 6.64. The van der Waals surface area contributed by atoms with Crippen LogP contribution < -0.4 is 9.47 Å². The highest BCUT2D eigenvalue weighted by molar-refractivity contribution is 5.63. The zero-order valence-corrected chi connectivity index (χ0v) is 17.7. The zero-order chi connectivity index (χ0) is 22.6. The number of halogens is 3. The summed E-state index contributed by atoms with van der Waals surface area (Å²) >= 11 is 0. The molecule has 6 nitrogen and oxygen atoms in total. The molecule has 32 heavy (non-hydrogen) atoms. The minimum atomic E-state index is -4.40. The van der Waals surface area contributed by atoms with Gasteiger partial charge in [-0.1, -0.05) is 11.6 Å². The largest absolute Gasteiger partial charge is 0.493 e. The van der Waals surface area contributed by atoms with E-state index in [1.54, 1.807) is 25.3 Å². The van der Waals surface area contributed by atoms with Crippen molar-refractivity contribution in [2.45, 2.75) is 25.4 Å². The summed E-state index contributed by atoms with van der Waals surface area (Å²) in [7, 11) is 1.56. The van der Waals surface area contributed by atoms with E-state index in [4.69, 9.17) is 14.0 Å². The number of aromatic nitrogens is 2. The third-order valence-corrected chi connectivity index (χ3v) is 5.42. The van der Waals surface area contributed by atoms with Crippen LogP contribution in [0.2, 0.25) is 0 Å². The van der Waals surface area contributed by atoms with Gasteiger partial charge in [0.1, 0.15) is 6.61 Å². The Morgan fingerprint density at radius 3 is 2.38 bits per heavy atom. The van der Waals surface area contributed by atoms with Crippen molar-refractivity contribution in [3.63, 3.8) is 0 Å². The first kappa shape index (κ1) is 22.1. The summed E-state index contributed by atoms with van der Waals surface area (Å²) in [5.41, 5.74) is 0.315. The lowest BCUT2D eigenvalue weighted by Crippen LogP contribution is -2.33. The number of hydrogen-bond donors (Lipinski definition) is 0. The lowest BCUT2D eigenvalue weighted by atomic mass is 10.1. The number of nitrogens with zero attached hydrogens (tertiary/aromatic N) is 3. The molecule has 1 aromatic heterocycles. The summed E-state index contributed by atoms with van der Waals surface area (Å²) in [5, 5.41) is 3.95. The summed E-state index contributed by atoms with van der Waals surface area (Å²) in [6.07, 6.45) is -0.635. The highest BCUT2D eigenvalue weighted by atomic mass is 19.4. The third kappa shape index (κ3) is 5.21. The highest BCUT2D eigenvalue weighted by Crippen LogP contribution is 2.33. The van der Waals surface area contributed by atoms with Crippen LogP contribution in [0.4, 0.5) is 13.2 Å². The predicted octanol–water partition coefficient (Wildman–Crippen LogP) is 5.30. The molecule has 1 fully saturated rings. The van der Waals surface area contributed by atoms with Gasteiger partial charge in [-0.2, -0.15) is 18.2 Å². The fourth-order valence-corrected chi connectivity index (χ4v) is 3.65. The quantitative estimate of drug-likeness (QED) is 0.490. The fraction of sp³-hybridized carbons (Fsp3) is 0.391. The highest BCUT2D eigenvalue weighted by Gasteiger charge is 2.30. The Balaban J connectivity index is 1.44. The molecule has 0 N–H and O–H groups in total. The molecule has 3 aromatic rings. The molecule has 1 saturated heterocycles. The van der Waals surface area contributed by atoms with Gasteiger partial charge in [-0.3, -0.25) is 4.90 Å². The average molecular weight is 447 g/mol. The second-order valence-electron chi connectivity index (χ2n) is 7.61. The van der Waals surface area contributed by atoms with Crippen molar-refractivity contribution in [1.29, 1.82) is 0 Å². The van der Waals surface area contributed by atoms with Crippen LogP contribution in [0.15, 0.2) is 47.0 Å².